The standard InChI is InChI=1S/C15H16ClNO3/c1-10-12(7-14(20-10)15(18)19)9-17(2)8-11-5-3-4-6-13(11)16/h3-7H,8-9H2,1-2H3,(H,18,19). The van der Waals surface area contributed by atoms with Gasteiger partial charge in [-0.05, 0) is 31.7 Å². The zero-order valence-corrected chi connectivity index (χ0v) is 12.1. The van der Waals surface area contributed by atoms with Crippen molar-refractivity contribution in [2.75, 3.05) is 7.05 Å². The van der Waals surface area contributed by atoms with E-state index in [4.69, 9.17) is 21.1 Å². The number of benzene rings is 1. The van der Waals surface area contributed by atoms with Crippen molar-refractivity contribution in [3.8, 4) is 0 Å². The van der Waals surface area contributed by atoms with Gasteiger partial charge in [-0.2, -0.15) is 0 Å². The molecule has 1 aromatic heterocycles. The van der Waals surface area contributed by atoms with Crippen molar-refractivity contribution in [3.05, 3.63) is 58.0 Å². The third-order valence-electron chi connectivity index (χ3n) is 3.07. The third-order valence-corrected chi connectivity index (χ3v) is 3.44. The fourth-order valence-electron chi connectivity index (χ4n) is 2.05. The number of aromatic carboxylic acids is 1. The molecule has 2 aromatic rings. The lowest BCUT2D eigenvalue weighted by molar-refractivity contribution is 0.0661. The first-order chi connectivity index (χ1) is 9.47. The lowest BCUT2D eigenvalue weighted by atomic mass is 10.2. The van der Waals surface area contributed by atoms with Crippen molar-refractivity contribution >= 4 is 17.6 Å². The van der Waals surface area contributed by atoms with Crippen molar-refractivity contribution in [2.45, 2.75) is 20.0 Å². The molecule has 0 spiro atoms. The fourth-order valence-corrected chi connectivity index (χ4v) is 2.24. The van der Waals surface area contributed by atoms with Crippen LogP contribution in [-0.2, 0) is 13.1 Å². The van der Waals surface area contributed by atoms with Crippen LogP contribution in [0.15, 0.2) is 34.7 Å². The van der Waals surface area contributed by atoms with Crippen LogP contribution in [0.3, 0.4) is 0 Å². The largest absolute Gasteiger partial charge is 0.475 e. The molecule has 0 bridgehead atoms. The maximum Gasteiger partial charge on any atom is 0.371 e. The van der Waals surface area contributed by atoms with E-state index in [1.54, 1.807) is 13.0 Å². The summed E-state index contributed by atoms with van der Waals surface area (Å²) in [5, 5.41) is 9.63. The van der Waals surface area contributed by atoms with Crippen LogP contribution in [-0.4, -0.2) is 23.0 Å². The molecule has 1 heterocycles. The second-order valence-corrected chi connectivity index (χ2v) is 5.17. The number of aryl methyl sites for hydroxylation is 1. The molecule has 1 N–H and O–H groups in total. The number of nitrogens with zero attached hydrogens (tertiary/aromatic N) is 1. The SMILES string of the molecule is Cc1oc(C(=O)O)cc1CN(C)Cc1ccccc1Cl. The van der Waals surface area contributed by atoms with E-state index in [0.717, 1.165) is 16.1 Å². The van der Waals surface area contributed by atoms with E-state index in [2.05, 4.69) is 4.90 Å². The van der Waals surface area contributed by atoms with Gasteiger partial charge in [-0.3, -0.25) is 4.90 Å². The molecule has 0 atom stereocenters. The normalized spacial score (nSPS) is 11.0. The van der Waals surface area contributed by atoms with Gasteiger partial charge < -0.3 is 9.52 Å². The summed E-state index contributed by atoms with van der Waals surface area (Å²) >= 11 is 6.13. The van der Waals surface area contributed by atoms with Gasteiger partial charge in [-0.25, -0.2) is 4.79 Å². The topological polar surface area (TPSA) is 53.7 Å². The van der Waals surface area contributed by atoms with E-state index in [-0.39, 0.29) is 5.76 Å². The maximum atomic E-state index is 10.9. The first-order valence-electron chi connectivity index (χ1n) is 6.22. The molecule has 0 saturated heterocycles. The minimum atomic E-state index is -1.05. The van der Waals surface area contributed by atoms with Crippen LogP contribution in [0, 0.1) is 6.92 Å². The number of carbonyl (C=O) groups is 1. The Bertz CT molecular complexity index is 621. The number of halogens is 1. The summed E-state index contributed by atoms with van der Waals surface area (Å²) in [6.45, 7) is 3.06. The quantitative estimate of drug-likeness (QED) is 0.915. The maximum absolute atomic E-state index is 10.9. The molecule has 0 aliphatic carbocycles. The molecule has 0 aliphatic heterocycles. The van der Waals surface area contributed by atoms with Gasteiger partial charge in [-0.15, -0.1) is 0 Å². The molecule has 0 aliphatic rings. The fraction of sp³-hybridized carbons (Fsp3) is 0.267. The Hall–Kier alpha value is -1.78. The minimum Gasteiger partial charge on any atom is -0.475 e. The molecular formula is C15H16ClNO3. The number of hydrogen-bond donors (Lipinski definition) is 1. The molecule has 0 radical (unpaired) electrons. The predicted octanol–water partition coefficient (Wildman–Crippen LogP) is 3.57. The Morgan fingerprint density at radius 3 is 2.55 bits per heavy atom. The van der Waals surface area contributed by atoms with Crippen LogP contribution in [0.4, 0.5) is 0 Å². The Morgan fingerprint density at radius 2 is 1.95 bits per heavy atom. The van der Waals surface area contributed by atoms with E-state index in [0.29, 0.717) is 18.8 Å². The van der Waals surface area contributed by atoms with Gasteiger partial charge in [0.05, 0.1) is 0 Å². The number of carboxylic acids is 1. The van der Waals surface area contributed by atoms with Gasteiger partial charge in [-0.1, -0.05) is 29.8 Å². The zero-order valence-electron chi connectivity index (χ0n) is 11.4. The Kier molecular flexibility index (Phi) is 4.47. The highest BCUT2D eigenvalue weighted by Crippen LogP contribution is 2.20. The van der Waals surface area contributed by atoms with E-state index >= 15 is 0 Å². The van der Waals surface area contributed by atoms with E-state index in [1.165, 1.54) is 0 Å². The van der Waals surface area contributed by atoms with E-state index in [9.17, 15) is 4.79 Å². The number of furan rings is 1. The van der Waals surface area contributed by atoms with Gasteiger partial charge in [0.25, 0.3) is 0 Å². The Morgan fingerprint density at radius 1 is 1.30 bits per heavy atom. The van der Waals surface area contributed by atoms with Crippen LogP contribution >= 0.6 is 11.6 Å². The molecule has 1 aromatic carbocycles. The molecule has 5 heteroatoms. The van der Waals surface area contributed by atoms with Crippen molar-refractivity contribution in [2.24, 2.45) is 0 Å². The molecule has 0 amide bonds. The second-order valence-electron chi connectivity index (χ2n) is 4.76. The monoisotopic (exact) mass is 293 g/mol. The van der Waals surface area contributed by atoms with Crippen LogP contribution in [0.2, 0.25) is 5.02 Å². The number of hydrogen-bond acceptors (Lipinski definition) is 3. The van der Waals surface area contributed by atoms with Crippen LogP contribution < -0.4 is 0 Å². The molecular weight excluding hydrogens is 278 g/mol. The summed E-state index contributed by atoms with van der Waals surface area (Å²) in [6, 6.07) is 9.24. The molecule has 2 rings (SSSR count). The molecule has 20 heavy (non-hydrogen) atoms. The summed E-state index contributed by atoms with van der Waals surface area (Å²) in [5.41, 5.74) is 1.91. The Balaban J connectivity index is 2.06. The average Bonchev–Trinajstić information content (AvgIpc) is 2.74. The highest BCUT2D eigenvalue weighted by Gasteiger charge is 2.14. The summed E-state index contributed by atoms with van der Waals surface area (Å²) < 4.78 is 5.20. The molecule has 0 saturated carbocycles. The van der Waals surface area contributed by atoms with Gasteiger partial charge in [0.2, 0.25) is 5.76 Å². The first-order valence-corrected chi connectivity index (χ1v) is 6.59. The molecule has 0 fully saturated rings. The smallest absolute Gasteiger partial charge is 0.371 e. The average molecular weight is 294 g/mol. The van der Waals surface area contributed by atoms with Gasteiger partial charge in [0.1, 0.15) is 5.76 Å². The van der Waals surface area contributed by atoms with Crippen molar-refractivity contribution < 1.29 is 14.3 Å². The van der Waals surface area contributed by atoms with Crippen LogP contribution in [0.5, 0.6) is 0 Å². The lowest BCUT2D eigenvalue weighted by Gasteiger charge is -2.17. The van der Waals surface area contributed by atoms with Gasteiger partial charge >= 0.3 is 5.97 Å². The third kappa shape index (κ3) is 3.40. The van der Waals surface area contributed by atoms with Crippen LogP contribution in [0.1, 0.15) is 27.4 Å². The van der Waals surface area contributed by atoms with Crippen molar-refractivity contribution in [1.82, 2.24) is 4.90 Å². The first kappa shape index (κ1) is 14.6. The molecule has 4 nitrogen and oxygen atoms in total. The zero-order chi connectivity index (χ0) is 14.7. The minimum absolute atomic E-state index is 0.0244. The van der Waals surface area contributed by atoms with Gasteiger partial charge in [0, 0.05) is 23.7 Å². The molecule has 106 valence electrons. The highest BCUT2D eigenvalue weighted by molar-refractivity contribution is 6.31. The van der Waals surface area contributed by atoms with E-state index < -0.39 is 5.97 Å². The number of carboxylic acid groups (broad SMARTS) is 1. The summed E-state index contributed by atoms with van der Waals surface area (Å²) in [5.74, 6) is -0.440. The summed E-state index contributed by atoms with van der Waals surface area (Å²) in [4.78, 5) is 12.9. The Labute approximate surface area is 122 Å². The molecule has 0 unspecified atom stereocenters. The van der Waals surface area contributed by atoms with Crippen molar-refractivity contribution in [3.63, 3.8) is 0 Å². The van der Waals surface area contributed by atoms with Crippen molar-refractivity contribution in [1.29, 1.82) is 0 Å². The van der Waals surface area contributed by atoms with Crippen LogP contribution in [0.25, 0.3) is 0 Å². The number of rotatable bonds is 5. The highest BCUT2D eigenvalue weighted by atomic mass is 35.5. The summed E-state index contributed by atoms with van der Waals surface area (Å²) in [7, 11) is 1.95. The second kappa shape index (κ2) is 6.11. The summed E-state index contributed by atoms with van der Waals surface area (Å²) in [6.07, 6.45) is 0. The predicted molar refractivity (Wildman–Crippen MR) is 77.0 cm³/mol. The van der Waals surface area contributed by atoms with Gasteiger partial charge in [0.15, 0.2) is 0 Å². The lowest BCUT2D eigenvalue weighted by Crippen LogP contribution is -2.17. The van der Waals surface area contributed by atoms with E-state index in [1.807, 2.05) is 31.3 Å².